The number of aliphatic carboxylic acids is 1. The standard InChI is InChI=1S/C15H20FNO3/c1-15(2,14(18)19)9-20-13-6-3-11(16)7-10(13)8-17-12-4-5-12/h3,6-7,12,17H,4-5,8-9H2,1-2H3,(H,18,19). The first kappa shape index (κ1) is 14.8. The Hall–Kier alpha value is -1.62. The zero-order chi connectivity index (χ0) is 14.8. The molecule has 0 bridgehead atoms. The molecule has 1 aromatic carbocycles. The molecular formula is C15H20FNO3. The molecule has 110 valence electrons. The van der Waals surface area contributed by atoms with Crippen molar-refractivity contribution in [3.05, 3.63) is 29.6 Å². The molecule has 20 heavy (non-hydrogen) atoms. The van der Waals surface area contributed by atoms with Crippen LogP contribution in [0, 0.1) is 11.2 Å². The van der Waals surface area contributed by atoms with Crippen LogP contribution < -0.4 is 10.1 Å². The van der Waals surface area contributed by atoms with Crippen molar-refractivity contribution >= 4 is 5.97 Å². The van der Waals surface area contributed by atoms with E-state index in [1.807, 2.05) is 0 Å². The summed E-state index contributed by atoms with van der Waals surface area (Å²) in [6, 6.07) is 4.82. The van der Waals surface area contributed by atoms with Gasteiger partial charge in [-0.1, -0.05) is 0 Å². The Balaban J connectivity index is 2.03. The van der Waals surface area contributed by atoms with Crippen molar-refractivity contribution in [3.8, 4) is 5.75 Å². The van der Waals surface area contributed by atoms with Crippen molar-refractivity contribution in [2.24, 2.45) is 5.41 Å². The molecular weight excluding hydrogens is 261 g/mol. The van der Waals surface area contributed by atoms with Gasteiger partial charge in [0, 0.05) is 18.2 Å². The number of hydrogen-bond donors (Lipinski definition) is 2. The van der Waals surface area contributed by atoms with Gasteiger partial charge in [0.05, 0.1) is 5.41 Å². The topological polar surface area (TPSA) is 58.6 Å². The minimum atomic E-state index is -0.977. The van der Waals surface area contributed by atoms with Crippen LogP contribution in [0.25, 0.3) is 0 Å². The fourth-order valence-corrected chi connectivity index (χ4v) is 1.69. The quantitative estimate of drug-likeness (QED) is 0.806. The number of carboxylic acids is 1. The number of nitrogens with one attached hydrogen (secondary N) is 1. The maximum atomic E-state index is 13.3. The smallest absolute Gasteiger partial charge is 0.312 e. The number of benzene rings is 1. The van der Waals surface area contributed by atoms with Crippen LogP contribution in [0.15, 0.2) is 18.2 Å². The summed E-state index contributed by atoms with van der Waals surface area (Å²) < 4.78 is 18.9. The van der Waals surface area contributed by atoms with Crippen molar-refractivity contribution < 1.29 is 19.0 Å². The van der Waals surface area contributed by atoms with Crippen molar-refractivity contribution in [3.63, 3.8) is 0 Å². The van der Waals surface area contributed by atoms with Crippen molar-refractivity contribution in [2.45, 2.75) is 39.3 Å². The highest BCUT2D eigenvalue weighted by molar-refractivity contribution is 5.73. The first-order valence-corrected chi connectivity index (χ1v) is 6.76. The number of halogens is 1. The molecule has 2 N–H and O–H groups in total. The lowest BCUT2D eigenvalue weighted by atomic mass is 9.95. The Bertz CT molecular complexity index is 498. The van der Waals surface area contributed by atoms with Crippen LogP contribution in [0.4, 0.5) is 4.39 Å². The van der Waals surface area contributed by atoms with E-state index in [0.29, 0.717) is 18.3 Å². The molecule has 0 spiro atoms. The molecule has 4 nitrogen and oxygen atoms in total. The molecule has 0 heterocycles. The molecule has 1 fully saturated rings. The molecule has 0 aliphatic heterocycles. The predicted molar refractivity (Wildman–Crippen MR) is 73.2 cm³/mol. The second-order valence-corrected chi connectivity index (χ2v) is 5.88. The molecule has 5 heteroatoms. The van der Waals surface area contributed by atoms with Gasteiger partial charge in [-0.05, 0) is 44.9 Å². The zero-order valence-electron chi connectivity index (χ0n) is 11.8. The minimum absolute atomic E-state index is 0.0460. The summed E-state index contributed by atoms with van der Waals surface area (Å²) in [5.74, 6) is -0.700. The lowest BCUT2D eigenvalue weighted by Crippen LogP contribution is -2.31. The van der Waals surface area contributed by atoms with Gasteiger partial charge in [-0.3, -0.25) is 4.79 Å². The average Bonchev–Trinajstić information content (AvgIpc) is 3.19. The average molecular weight is 281 g/mol. The van der Waals surface area contributed by atoms with E-state index in [1.54, 1.807) is 19.9 Å². The maximum absolute atomic E-state index is 13.3. The molecule has 0 atom stereocenters. The molecule has 2 rings (SSSR count). The third kappa shape index (κ3) is 3.93. The molecule has 1 aromatic rings. The van der Waals surface area contributed by atoms with E-state index in [9.17, 15) is 9.18 Å². The Morgan fingerprint density at radius 3 is 2.80 bits per heavy atom. The summed E-state index contributed by atoms with van der Waals surface area (Å²) in [5.41, 5.74) is -0.256. The van der Waals surface area contributed by atoms with Gasteiger partial charge < -0.3 is 15.2 Å². The Kier molecular flexibility index (Phi) is 4.28. The molecule has 0 saturated heterocycles. The highest BCUT2D eigenvalue weighted by Gasteiger charge is 2.28. The van der Waals surface area contributed by atoms with Crippen molar-refractivity contribution in [1.29, 1.82) is 0 Å². The summed E-state index contributed by atoms with van der Waals surface area (Å²) in [4.78, 5) is 11.1. The summed E-state index contributed by atoms with van der Waals surface area (Å²) in [6.07, 6.45) is 2.30. The van der Waals surface area contributed by atoms with Gasteiger partial charge in [0.2, 0.25) is 0 Å². The fourth-order valence-electron chi connectivity index (χ4n) is 1.69. The zero-order valence-corrected chi connectivity index (χ0v) is 11.8. The Morgan fingerprint density at radius 2 is 2.20 bits per heavy atom. The predicted octanol–water partition coefficient (Wildman–Crippen LogP) is 2.57. The number of hydrogen-bond acceptors (Lipinski definition) is 3. The number of carboxylic acid groups (broad SMARTS) is 1. The van der Waals surface area contributed by atoms with Crippen LogP contribution in [0.2, 0.25) is 0 Å². The van der Waals surface area contributed by atoms with E-state index in [1.165, 1.54) is 12.1 Å². The third-order valence-corrected chi connectivity index (χ3v) is 3.35. The van der Waals surface area contributed by atoms with Gasteiger partial charge in [-0.25, -0.2) is 4.39 Å². The number of carbonyl (C=O) groups is 1. The van der Waals surface area contributed by atoms with Crippen LogP contribution in [0.3, 0.4) is 0 Å². The molecule has 1 saturated carbocycles. The van der Waals surface area contributed by atoms with Crippen LogP contribution >= 0.6 is 0 Å². The second kappa shape index (κ2) is 5.79. The molecule has 0 radical (unpaired) electrons. The summed E-state index contributed by atoms with van der Waals surface area (Å²) in [7, 11) is 0. The largest absolute Gasteiger partial charge is 0.492 e. The van der Waals surface area contributed by atoms with Crippen LogP contribution in [-0.2, 0) is 11.3 Å². The third-order valence-electron chi connectivity index (χ3n) is 3.35. The molecule has 1 aliphatic carbocycles. The van der Waals surface area contributed by atoms with Gasteiger partial charge in [-0.2, -0.15) is 0 Å². The Labute approximate surface area is 117 Å². The van der Waals surface area contributed by atoms with Crippen LogP contribution in [0.1, 0.15) is 32.3 Å². The lowest BCUT2D eigenvalue weighted by Gasteiger charge is -2.21. The minimum Gasteiger partial charge on any atom is -0.492 e. The van der Waals surface area contributed by atoms with Gasteiger partial charge >= 0.3 is 5.97 Å². The van der Waals surface area contributed by atoms with Gasteiger partial charge in [0.15, 0.2) is 0 Å². The van der Waals surface area contributed by atoms with E-state index in [0.717, 1.165) is 18.4 Å². The van der Waals surface area contributed by atoms with Gasteiger partial charge in [-0.15, -0.1) is 0 Å². The van der Waals surface area contributed by atoms with Crippen LogP contribution in [-0.4, -0.2) is 23.7 Å². The first-order chi connectivity index (χ1) is 9.38. The first-order valence-electron chi connectivity index (χ1n) is 6.76. The highest BCUT2D eigenvalue weighted by atomic mass is 19.1. The lowest BCUT2D eigenvalue weighted by molar-refractivity contribution is -0.148. The summed E-state index contributed by atoms with van der Waals surface area (Å²) >= 11 is 0. The maximum Gasteiger partial charge on any atom is 0.312 e. The summed E-state index contributed by atoms with van der Waals surface area (Å²) in [5, 5.41) is 12.4. The van der Waals surface area contributed by atoms with Gasteiger partial charge in [0.25, 0.3) is 0 Å². The molecule has 0 aromatic heterocycles. The number of rotatable bonds is 7. The molecule has 0 amide bonds. The fraction of sp³-hybridized carbons (Fsp3) is 0.533. The van der Waals surface area contributed by atoms with Crippen molar-refractivity contribution in [2.75, 3.05) is 6.61 Å². The monoisotopic (exact) mass is 281 g/mol. The highest BCUT2D eigenvalue weighted by Crippen LogP contribution is 2.25. The normalized spacial score (nSPS) is 15.2. The SMILES string of the molecule is CC(C)(COc1ccc(F)cc1CNC1CC1)C(=O)O. The molecule has 1 aliphatic rings. The van der Waals surface area contributed by atoms with E-state index in [4.69, 9.17) is 9.84 Å². The van der Waals surface area contributed by atoms with E-state index in [2.05, 4.69) is 5.32 Å². The van der Waals surface area contributed by atoms with E-state index >= 15 is 0 Å². The number of ether oxygens (including phenoxy) is 1. The van der Waals surface area contributed by atoms with E-state index in [-0.39, 0.29) is 12.4 Å². The summed E-state index contributed by atoms with van der Waals surface area (Å²) in [6.45, 7) is 3.78. The Morgan fingerprint density at radius 1 is 1.50 bits per heavy atom. The van der Waals surface area contributed by atoms with E-state index < -0.39 is 11.4 Å². The van der Waals surface area contributed by atoms with Gasteiger partial charge in [0.1, 0.15) is 18.2 Å². The van der Waals surface area contributed by atoms with Crippen LogP contribution in [0.5, 0.6) is 5.75 Å². The second-order valence-electron chi connectivity index (χ2n) is 5.88. The molecule has 0 unspecified atom stereocenters. The van der Waals surface area contributed by atoms with Crippen molar-refractivity contribution in [1.82, 2.24) is 5.32 Å².